The van der Waals surface area contributed by atoms with E-state index in [-0.39, 0.29) is 22.3 Å². The maximum atomic E-state index is 14.4. The molecular formula is C16H16BrF4N5O2S2. The molecule has 30 heavy (non-hydrogen) atoms. The highest BCUT2D eigenvalue weighted by Gasteiger charge is 2.40. The number of thiazole rings is 1. The molecule has 0 bridgehead atoms. The first-order valence-corrected chi connectivity index (χ1v) is 12.1. The molecule has 1 unspecified atom stereocenters. The molecule has 7 nitrogen and oxygen atoms in total. The van der Waals surface area contributed by atoms with Gasteiger partial charge in [-0.2, -0.15) is 13.2 Å². The average molecular weight is 530 g/mol. The zero-order valence-corrected chi connectivity index (χ0v) is 18.7. The van der Waals surface area contributed by atoms with Crippen LogP contribution < -0.4 is 5.32 Å². The van der Waals surface area contributed by atoms with Crippen LogP contribution >= 0.6 is 27.3 Å². The lowest BCUT2D eigenvalue weighted by molar-refractivity contribution is -0.140. The maximum absolute atomic E-state index is 14.4. The number of piperidine rings is 1. The van der Waals surface area contributed by atoms with E-state index in [2.05, 4.69) is 36.2 Å². The van der Waals surface area contributed by atoms with Gasteiger partial charge in [-0.1, -0.05) is 15.9 Å². The number of nitrogens with one attached hydrogen (secondary N) is 1. The van der Waals surface area contributed by atoms with Gasteiger partial charge in [0.2, 0.25) is 11.7 Å². The fourth-order valence-electron chi connectivity index (χ4n) is 2.88. The van der Waals surface area contributed by atoms with Gasteiger partial charge in [-0.25, -0.2) is 27.9 Å². The Labute approximate surface area is 184 Å². The van der Waals surface area contributed by atoms with Crippen LogP contribution in [0.25, 0.3) is 10.6 Å². The number of hydrogen-bond donors (Lipinski definition) is 1. The summed E-state index contributed by atoms with van der Waals surface area (Å²) in [5.41, 5.74) is -1.93. The molecule has 1 atom stereocenters. The second-order valence-electron chi connectivity index (χ2n) is 6.41. The largest absolute Gasteiger partial charge is 0.434 e. The minimum Gasteiger partial charge on any atom is -0.351 e. The highest BCUT2D eigenvalue weighted by atomic mass is 79.9. The van der Waals surface area contributed by atoms with E-state index in [1.165, 1.54) is 0 Å². The van der Waals surface area contributed by atoms with Crippen molar-refractivity contribution in [2.75, 3.05) is 30.0 Å². The van der Waals surface area contributed by atoms with Gasteiger partial charge in [-0.15, -0.1) is 11.3 Å². The monoisotopic (exact) mass is 529 g/mol. The Balaban J connectivity index is 1.90. The highest BCUT2D eigenvalue weighted by Crippen LogP contribution is 2.40. The van der Waals surface area contributed by atoms with Gasteiger partial charge >= 0.3 is 6.18 Å². The predicted molar refractivity (Wildman–Crippen MR) is 109 cm³/mol. The molecule has 14 heteroatoms. The van der Waals surface area contributed by atoms with E-state index in [1.54, 1.807) is 10.6 Å². The molecule has 0 aliphatic carbocycles. The van der Waals surface area contributed by atoms with Crippen LogP contribution in [0.1, 0.15) is 28.3 Å². The van der Waals surface area contributed by atoms with Crippen LogP contribution in [0.15, 0.2) is 6.20 Å². The predicted octanol–water partition coefficient (Wildman–Crippen LogP) is 3.51. The summed E-state index contributed by atoms with van der Waals surface area (Å²) in [4.78, 5) is 22.3. The standard InChI is InChI=1S/C16H16BrF4N5O2S2/c1-30(28)26-4-2-8(3-5-26)23-15-22-7-9(18)11(24-15)12-13(16(19,20)21)25-14(29-12)10(27)6-17/h7-8H,2-6H2,1H3,(H,22,23,24). The molecule has 0 radical (unpaired) electrons. The van der Waals surface area contributed by atoms with Gasteiger partial charge in [0.05, 0.1) is 27.4 Å². The van der Waals surface area contributed by atoms with Crippen molar-refractivity contribution in [1.82, 2.24) is 19.3 Å². The maximum Gasteiger partial charge on any atom is 0.434 e. The second kappa shape index (κ2) is 9.32. The molecule has 1 aliphatic heterocycles. The Bertz CT molecular complexity index is 964. The van der Waals surface area contributed by atoms with Crippen LogP contribution in [0, 0.1) is 5.82 Å². The zero-order valence-electron chi connectivity index (χ0n) is 15.5. The van der Waals surface area contributed by atoms with Crippen molar-refractivity contribution in [3.63, 3.8) is 0 Å². The smallest absolute Gasteiger partial charge is 0.351 e. The molecule has 0 aromatic carbocycles. The molecule has 2 aromatic heterocycles. The summed E-state index contributed by atoms with van der Waals surface area (Å²) >= 11 is 3.33. The Morgan fingerprint density at radius 2 is 2.03 bits per heavy atom. The highest BCUT2D eigenvalue weighted by molar-refractivity contribution is 9.09. The Kier molecular flexibility index (Phi) is 7.20. The van der Waals surface area contributed by atoms with Crippen molar-refractivity contribution in [3.05, 3.63) is 22.7 Å². The first-order chi connectivity index (χ1) is 14.1. The van der Waals surface area contributed by atoms with Gasteiger partial charge in [-0.05, 0) is 12.8 Å². The van der Waals surface area contributed by atoms with E-state index < -0.39 is 45.0 Å². The van der Waals surface area contributed by atoms with Crippen molar-refractivity contribution < 1.29 is 26.6 Å². The Hall–Kier alpha value is -1.51. The number of ketones is 1. The lowest BCUT2D eigenvalue weighted by Gasteiger charge is -2.30. The summed E-state index contributed by atoms with van der Waals surface area (Å²) in [5.74, 6) is -1.73. The number of aromatic nitrogens is 3. The normalized spacial score (nSPS) is 17.1. The fraction of sp³-hybridized carbons (Fsp3) is 0.500. The molecule has 1 fully saturated rings. The fourth-order valence-corrected chi connectivity index (χ4v) is 5.08. The lowest BCUT2D eigenvalue weighted by Crippen LogP contribution is -2.39. The molecule has 1 saturated heterocycles. The Morgan fingerprint density at radius 1 is 1.37 bits per heavy atom. The summed E-state index contributed by atoms with van der Waals surface area (Å²) in [6.45, 7) is 1.14. The molecule has 0 saturated carbocycles. The molecule has 0 amide bonds. The van der Waals surface area contributed by atoms with E-state index in [0.717, 1.165) is 6.20 Å². The first kappa shape index (κ1) is 23.2. The van der Waals surface area contributed by atoms with Crippen molar-refractivity contribution in [2.24, 2.45) is 0 Å². The lowest BCUT2D eigenvalue weighted by atomic mass is 10.1. The number of anilines is 1. The minimum atomic E-state index is -4.88. The van der Waals surface area contributed by atoms with Crippen molar-refractivity contribution in [2.45, 2.75) is 25.1 Å². The van der Waals surface area contributed by atoms with Crippen LogP contribution in [0.4, 0.5) is 23.5 Å². The van der Waals surface area contributed by atoms with E-state index >= 15 is 0 Å². The van der Waals surface area contributed by atoms with Crippen LogP contribution in [0.3, 0.4) is 0 Å². The molecule has 1 N–H and O–H groups in total. The van der Waals surface area contributed by atoms with E-state index in [0.29, 0.717) is 37.3 Å². The summed E-state index contributed by atoms with van der Waals surface area (Å²) in [7, 11) is -1.08. The number of rotatable bonds is 6. The number of carbonyl (C=O) groups excluding carboxylic acids is 1. The van der Waals surface area contributed by atoms with Crippen LogP contribution in [0.5, 0.6) is 0 Å². The van der Waals surface area contributed by atoms with Crippen LogP contribution in [-0.4, -0.2) is 60.0 Å². The van der Waals surface area contributed by atoms with Crippen molar-refractivity contribution in [1.29, 1.82) is 0 Å². The van der Waals surface area contributed by atoms with Gasteiger partial charge in [0, 0.05) is 25.4 Å². The molecule has 164 valence electrons. The number of nitrogens with zero attached hydrogens (tertiary/aromatic N) is 4. The van der Waals surface area contributed by atoms with Gasteiger partial charge in [0.1, 0.15) is 5.69 Å². The van der Waals surface area contributed by atoms with Crippen molar-refractivity contribution >= 4 is 50.0 Å². The summed E-state index contributed by atoms with van der Waals surface area (Å²) in [5, 5.41) is 2.39. The van der Waals surface area contributed by atoms with Gasteiger partial charge in [0.15, 0.2) is 16.5 Å². The second-order valence-corrected chi connectivity index (χ2v) is 9.34. The third-order valence-electron chi connectivity index (χ3n) is 4.37. The summed E-state index contributed by atoms with van der Waals surface area (Å²) < 4.78 is 68.0. The number of Topliss-reactive ketones (excluding diaryl/α,β-unsaturated/α-hetero) is 1. The van der Waals surface area contributed by atoms with E-state index in [1.807, 2.05) is 0 Å². The zero-order chi connectivity index (χ0) is 22.1. The molecule has 2 aromatic rings. The number of hydrogen-bond acceptors (Lipinski definition) is 7. The minimum absolute atomic E-state index is 0.0302. The summed E-state index contributed by atoms with van der Waals surface area (Å²) in [6, 6.07) is -0.0998. The van der Waals surface area contributed by atoms with Crippen LogP contribution in [-0.2, 0) is 17.2 Å². The number of alkyl halides is 4. The third-order valence-corrected chi connectivity index (χ3v) is 7.07. The van der Waals surface area contributed by atoms with Crippen LogP contribution in [0.2, 0.25) is 0 Å². The molecular weight excluding hydrogens is 514 g/mol. The van der Waals surface area contributed by atoms with Gasteiger partial charge in [0.25, 0.3) is 0 Å². The van der Waals surface area contributed by atoms with Gasteiger partial charge < -0.3 is 5.32 Å². The SMILES string of the molecule is CS(=O)N1CCC(Nc2ncc(F)c(-c3sc(C(=O)CBr)nc3C(F)(F)F)n2)CC1. The van der Waals surface area contributed by atoms with E-state index in [9.17, 15) is 26.6 Å². The molecule has 0 spiro atoms. The molecule has 3 heterocycles. The number of halogens is 5. The first-order valence-electron chi connectivity index (χ1n) is 8.65. The summed E-state index contributed by atoms with van der Waals surface area (Å²) in [6.07, 6.45) is -1.27. The third kappa shape index (κ3) is 5.21. The van der Waals surface area contributed by atoms with E-state index in [4.69, 9.17) is 0 Å². The molecule has 3 rings (SSSR count). The van der Waals surface area contributed by atoms with Gasteiger partial charge in [-0.3, -0.25) is 4.79 Å². The topological polar surface area (TPSA) is 88.1 Å². The number of carbonyl (C=O) groups is 1. The average Bonchev–Trinajstić information content (AvgIpc) is 3.15. The molecule has 1 aliphatic rings. The van der Waals surface area contributed by atoms with Crippen molar-refractivity contribution in [3.8, 4) is 10.6 Å². The Morgan fingerprint density at radius 3 is 2.60 bits per heavy atom. The quantitative estimate of drug-likeness (QED) is 0.350.